The van der Waals surface area contributed by atoms with Crippen LogP contribution in [0.15, 0.2) is 27.8 Å². The molecule has 8 nitrogen and oxygen atoms in total. The standard InChI is InChI=1S/C16H28N4O4S/c1-23-12-9-18-16(17-8-7-15-6-4-11-24-15)19-13-14-5-3-10-20(14)25(2,21)22/h4,6,11,14H,3,5,7-10,12-13H2,1-2H3,(H2,17,18,19)/t14-/m1/s1. The van der Waals surface area contributed by atoms with Gasteiger partial charge in [-0.25, -0.2) is 8.42 Å². The normalized spacial score (nSPS) is 19.3. The number of hydrogen-bond donors (Lipinski definition) is 2. The highest BCUT2D eigenvalue weighted by Crippen LogP contribution is 2.20. The van der Waals surface area contributed by atoms with Crippen molar-refractivity contribution >= 4 is 16.0 Å². The average molecular weight is 372 g/mol. The summed E-state index contributed by atoms with van der Waals surface area (Å²) in [4.78, 5) is 4.56. The van der Waals surface area contributed by atoms with Crippen LogP contribution in [0.3, 0.4) is 0 Å². The van der Waals surface area contributed by atoms with Crippen molar-refractivity contribution in [1.29, 1.82) is 0 Å². The van der Waals surface area contributed by atoms with E-state index in [0.29, 0.717) is 38.7 Å². The number of aliphatic imine (C=N–C) groups is 1. The monoisotopic (exact) mass is 372 g/mol. The third kappa shape index (κ3) is 6.68. The van der Waals surface area contributed by atoms with E-state index in [0.717, 1.165) is 25.0 Å². The van der Waals surface area contributed by atoms with Gasteiger partial charge in [0.2, 0.25) is 10.0 Å². The van der Waals surface area contributed by atoms with Crippen molar-refractivity contribution in [2.75, 3.05) is 46.2 Å². The molecular formula is C16H28N4O4S. The van der Waals surface area contributed by atoms with Gasteiger partial charge in [-0.05, 0) is 25.0 Å². The molecular weight excluding hydrogens is 344 g/mol. The summed E-state index contributed by atoms with van der Waals surface area (Å²) in [7, 11) is -1.53. The van der Waals surface area contributed by atoms with E-state index in [4.69, 9.17) is 9.15 Å². The molecule has 25 heavy (non-hydrogen) atoms. The van der Waals surface area contributed by atoms with Crippen molar-refractivity contribution in [3.63, 3.8) is 0 Å². The summed E-state index contributed by atoms with van der Waals surface area (Å²) in [5, 5.41) is 6.44. The molecule has 1 atom stereocenters. The zero-order valence-electron chi connectivity index (χ0n) is 14.9. The van der Waals surface area contributed by atoms with E-state index in [9.17, 15) is 8.42 Å². The molecule has 0 saturated carbocycles. The first kappa shape index (κ1) is 19.7. The molecule has 9 heteroatoms. The van der Waals surface area contributed by atoms with Crippen LogP contribution >= 0.6 is 0 Å². The smallest absolute Gasteiger partial charge is 0.211 e. The minimum Gasteiger partial charge on any atom is -0.469 e. The Morgan fingerprint density at radius 3 is 2.92 bits per heavy atom. The molecule has 0 spiro atoms. The van der Waals surface area contributed by atoms with Gasteiger partial charge in [0.1, 0.15) is 5.76 Å². The van der Waals surface area contributed by atoms with Crippen LogP contribution in [0.4, 0.5) is 0 Å². The van der Waals surface area contributed by atoms with E-state index in [1.165, 1.54) is 6.26 Å². The summed E-state index contributed by atoms with van der Waals surface area (Å²) in [6.07, 6.45) is 5.38. The van der Waals surface area contributed by atoms with Crippen LogP contribution in [0.5, 0.6) is 0 Å². The van der Waals surface area contributed by atoms with Crippen LogP contribution in [-0.4, -0.2) is 70.9 Å². The van der Waals surface area contributed by atoms with Crippen LogP contribution in [0.25, 0.3) is 0 Å². The minimum absolute atomic E-state index is 0.0684. The van der Waals surface area contributed by atoms with Gasteiger partial charge >= 0.3 is 0 Å². The predicted octanol–water partition coefficient (Wildman–Crippen LogP) is 0.428. The lowest BCUT2D eigenvalue weighted by Crippen LogP contribution is -2.42. The molecule has 0 radical (unpaired) electrons. The van der Waals surface area contributed by atoms with E-state index in [2.05, 4.69) is 15.6 Å². The molecule has 0 aliphatic carbocycles. The summed E-state index contributed by atoms with van der Waals surface area (Å²) in [6.45, 7) is 2.89. The van der Waals surface area contributed by atoms with Gasteiger partial charge in [0.15, 0.2) is 5.96 Å². The van der Waals surface area contributed by atoms with Gasteiger partial charge in [-0.1, -0.05) is 0 Å². The fraction of sp³-hybridized carbons (Fsp3) is 0.688. The van der Waals surface area contributed by atoms with Crippen molar-refractivity contribution in [1.82, 2.24) is 14.9 Å². The topological polar surface area (TPSA) is 96.2 Å². The van der Waals surface area contributed by atoms with E-state index < -0.39 is 10.0 Å². The minimum atomic E-state index is -3.18. The molecule has 1 saturated heterocycles. The molecule has 1 aliphatic rings. The number of nitrogens with zero attached hydrogens (tertiary/aromatic N) is 2. The molecule has 1 aromatic rings. The molecule has 1 aliphatic heterocycles. The second-order valence-corrected chi connectivity index (χ2v) is 7.97. The SMILES string of the molecule is COCCNC(=NC[C@H]1CCCN1S(C)(=O)=O)NCCc1ccco1. The zero-order valence-corrected chi connectivity index (χ0v) is 15.7. The van der Waals surface area contributed by atoms with Crippen molar-refractivity contribution in [3.05, 3.63) is 24.2 Å². The van der Waals surface area contributed by atoms with E-state index in [1.807, 2.05) is 12.1 Å². The predicted molar refractivity (Wildman–Crippen MR) is 97.2 cm³/mol. The van der Waals surface area contributed by atoms with Crippen LogP contribution in [0.1, 0.15) is 18.6 Å². The Morgan fingerprint density at radius 2 is 2.24 bits per heavy atom. The van der Waals surface area contributed by atoms with Gasteiger partial charge in [-0.15, -0.1) is 0 Å². The molecule has 2 N–H and O–H groups in total. The Morgan fingerprint density at radius 1 is 1.44 bits per heavy atom. The lowest BCUT2D eigenvalue weighted by atomic mass is 10.2. The van der Waals surface area contributed by atoms with Gasteiger partial charge in [-0.3, -0.25) is 4.99 Å². The first-order valence-electron chi connectivity index (χ1n) is 8.51. The largest absolute Gasteiger partial charge is 0.469 e. The summed E-state index contributed by atoms with van der Waals surface area (Å²) in [5.74, 6) is 1.56. The summed E-state index contributed by atoms with van der Waals surface area (Å²) < 4.78 is 35.6. The van der Waals surface area contributed by atoms with Gasteiger partial charge in [0.25, 0.3) is 0 Å². The Labute approximate surface area is 149 Å². The van der Waals surface area contributed by atoms with Crippen molar-refractivity contribution < 1.29 is 17.6 Å². The summed E-state index contributed by atoms with van der Waals surface area (Å²) >= 11 is 0. The molecule has 0 aromatic carbocycles. The molecule has 142 valence electrons. The number of furan rings is 1. The van der Waals surface area contributed by atoms with Gasteiger partial charge in [-0.2, -0.15) is 4.31 Å². The number of methoxy groups -OCH3 is 1. The quantitative estimate of drug-likeness (QED) is 0.371. The number of hydrogen-bond acceptors (Lipinski definition) is 5. The first-order valence-corrected chi connectivity index (χ1v) is 10.4. The van der Waals surface area contributed by atoms with E-state index in [1.54, 1.807) is 17.7 Å². The van der Waals surface area contributed by atoms with Crippen LogP contribution in [0.2, 0.25) is 0 Å². The van der Waals surface area contributed by atoms with E-state index in [-0.39, 0.29) is 6.04 Å². The molecule has 0 unspecified atom stereocenters. The molecule has 1 fully saturated rings. The highest BCUT2D eigenvalue weighted by molar-refractivity contribution is 7.88. The zero-order chi connectivity index (χ0) is 18.1. The summed E-state index contributed by atoms with van der Waals surface area (Å²) in [5.41, 5.74) is 0. The second kappa shape index (κ2) is 9.79. The number of sulfonamides is 1. The van der Waals surface area contributed by atoms with Crippen molar-refractivity contribution in [2.24, 2.45) is 4.99 Å². The summed E-state index contributed by atoms with van der Waals surface area (Å²) in [6, 6.07) is 3.72. The number of guanidine groups is 1. The highest BCUT2D eigenvalue weighted by Gasteiger charge is 2.31. The maximum absolute atomic E-state index is 11.8. The fourth-order valence-corrected chi connectivity index (χ4v) is 4.00. The second-order valence-electron chi connectivity index (χ2n) is 6.03. The molecule has 2 heterocycles. The van der Waals surface area contributed by atoms with Crippen molar-refractivity contribution in [2.45, 2.75) is 25.3 Å². The lowest BCUT2D eigenvalue weighted by Gasteiger charge is -2.21. The Balaban J connectivity index is 1.89. The number of nitrogens with one attached hydrogen (secondary N) is 2. The van der Waals surface area contributed by atoms with Crippen LogP contribution in [0, 0.1) is 0 Å². The molecule has 1 aromatic heterocycles. The Bertz CT molecular complexity index is 631. The lowest BCUT2D eigenvalue weighted by molar-refractivity contribution is 0.203. The molecule has 0 amide bonds. The average Bonchev–Trinajstić information content (AvgIpc) is 3.23. The Hall–Kier alpha value is -1.58. The fourth-order valence-electron chi connectivity index (χ4n) is 2.83. The highest BCUT2D eigenvalue weighted by atomic mass is 32.2. The van der Waals surface area contributed by atoms with Gasteiger partial charge < -0.3 is 19.8 Å². The van der Waals surface area contributed by atoms with Gasteiger partial charge in [0, 0.05) is 39.2 Å². The Kier molecular flexibility index (Phi) is 7.73. The number of rotatable bonds is 9. The number of ether oxygens (including phenoxy) is 1. The third-order valence-corrected chi connectivity index (χ3v) is 5.38. The van der Waals surface area contributed by atoms with Crippen LogP contribution in [-0.2, 0) is 21.2 Å². The van der Waals surface area contributed by atoms with E-state index >= 15 is 0 Å². The van der Waals surface area contributed by atoms with Crippen LogP contribution < -0.4 is 10.6 Å². The maximum atomic E-state index is 11.8. The first-order chi connectivity index (χ1) is 12.0. The molecule has 2 rings (SSSR count). The third-order valence-electron chi connectivity index (χ3n) is 4.05. The maximum Gasteiger partial charge on any atom is 0.211 e. The van der Waals surface area contributed by atoms with Gasteiger partial charge in [0.05, 0.1) is 25.7 Å². The van der Waals surface area contributed by atoms with Crippen molar-refractivity contribution in [3.8, 4) is 0 Å². The molecule has 0 bridgehead atoms.